The van der Waals surface area contributed by atoms with Crippen LogP contribution in [-0.2, 0) is 0 Å². The van der Waals surface area contributed by atoms with E-state index in [0.717, 1.165) is 16.9 Å². The van der Waals surface area contributed by atoms with Crippen LogP contribution in [-0.4, -0.2) is 16.7 Å². The number of amides is 1. The van der Waals surface area contributed by atoms with Gasteiger partial charge in [-0.1, -0.05) is 48.5 Å². The second-order valence-electron chi connectivity index (χ2n) is 8.57. The van der Waals surface area contributed by atoms with Crippen molar-refractivity contribution in [3.63, 3.8) is 0 Å². The van der Waals surface area contributed by atoms with Crippen LogP contribution in [0.4, 0.5) is 11.4 Å². The molecule has 0 radical (unpaired) electrons. The Labute approximate surface area is 220 Å². The molecule has 0 unspecified atom stereocenters. The third-order valence-corrected chi connectivity index (χ3v) is 5.90. The molecule has 38 heavy (non-hydrogen) atoms. The Hall–Kier alpha value is -5.43. The van der Waals surface area contributed by atoms with Crippen molar-refractivity contribution in [1.82, 2.24) is 4.98 Å². The van der Waals surface area contributed by atoms with Gasteiger partial charge in [0.25, 0.3) is 5.91 Å². The third kappa shape index (κ3) is 5.37. The topological polar surface area (TPSA) is 127 Å². The van der Waals surface area contributed by atoms with E-state index in [0.29, 0.717) is 39.6 Å². The highest BCUT2D eigenvalue weighted by molar-refractivity contribution is 6.06. The minimum Gasteiger partial charge on any atom is -0.457 e. The summed E-state index contributed by atoms with van der Waals surface area (Å²) in [6.07, 6.45) is 0. The molecule has 1 amide bonds. The number of nitrogens with one attached hydrogen (secondary N) is 2. The highest BCUT2D eigenvalue weighted by atomic mass is 16.5. The lowest BCUT2D eigenvalue weighted by molar-refractivity contribution is 0.102. The number of amidine groups is 1. The summed E-state index contributed by atoms with van der Waals surface area (Å²) in [7, 11) is 0. The van der Waals surface area contributed by atoms with E-state index in [1.165, 1.54) is 0 Å². The summed E-state index contributed by atoms with van der Waals surface area (Å²) >= 11 is 0. The van der Waals surface area contributed by atoms with Crippen LogP contribution < -0.4 is 21.5 Å². The SMILES string of the molecule is N=C(N)c1c(N)cc(-c2ccc(NC(=O)c3ccccc3)cc2)nc1-c1ccc(Oc2ccccc2)cc1. The number of nitrogens with two attached hydrogens (primary N) is 2. The first-order chi connectivity index (χ1) is 18.5. The van der Waals surface area contributed by atoms with Gasteiger partial charge < -0.3 is 21.5 Å². The first-order valence-electron chi connectivity index (χ1n) is 11.9. The van der Waals surface area contributed by atoms with Crippen molar-refractivity contribution >= 4 is 23.1 Å². The van der Waals surface area contributed by atoms with Gasteiger partial charge in [-0.25, -0.2) is 4.98 Å². The number of hydrogen-bond acceptors (Lipinski definition) is 5. The zero-order valence-electron chi connectivity index (χ0n) is 20.4. The second-order valence-corrected chi connectivity index (χ2v) is 8.57. The van der Waals surface area contributed by atoms with Crippen LogP contribution in [0.2, 0.25) is 0 Å². The summed E-state index contributed by atoms with van der Waals surface area (Å²) in [5.74, 6) is 1.05. The molecule has 1 heterocycles. The fourth-order valence-electron chi connectivity index (χ4n) is 4.03. The Morgan fingerprint density at radius 3 is 1.97 bits per heavy atom. The molecular weight excluding hydrogens is 474 g/mol. The minimum atomic E-state index is -0.187. The monoisotopic (exact) mass is 499 g/mol. The summed E-state index contributed by atoms with van der Waals surface area (Å²) in [6.45, 7) is 0. The third-order valence-electron chi connectivity index (χ3n) is 5.90. The molecule has 0 bridgehead atoms. The zero-order valence-corrected chi connectivity index (χ0v) is 20.4. The Bertz CT molecular complexity index is 1580. The van der Waals surface area contributed by atoms with Gasteiger partial charge in [0, 0.05) is 28.1 Å². The number of ether oxygens (including phenoxy) is 1. The Kier molecular flexibility index (Phi) is 6.82. The molecular formula is C31H25N5O2. The Morgan fingerprint density at radius 2 is 1.34 bits per heavy atom. The predicted molar refractivity (Wildman–Crippen MR) is 151 cm³/mol. The molecule has 0 aliphatic heterocycles. The number of anilines is 2. The molecule has 7 nitrogen and oxygen atoms in total. The van der Waals surface area contributed by atoms with Crippen molar-refractivity contribution in [3.05, 3.63) is 126 Å². The number of carbonyl (C=O) groups is 1. The van der Waals surface area contributed by atoms with E-state index < -0.39 is 0 Å². The zero-order chi connectivity index (χ0) is 26.5. The molecule has 0 aliphatic rings. The van der Waals surface area contributed by atoms with Gasteiger partial charge in [-0.05, 0) is 66.7 Å². The van der Waals surface area contributed by atoms with Crippen molar-refractivity contribution in [3.8, 4) is 34.0 Å². The number of nitrogen functional groups attached to an aromatic ring is 2. The first kappa shape index (κ1) is 24.3. The average Bonchev–Trinajstić information content (AvgIpc) is 2.94. The van der Waals surface area contributed by atoms with Gasteiger partial charge in [0.05, 0.1) is 17.0 Å². The molecule has 0 atom stereocenters. The second kappa shape index (κ2) is 10.7. The highest BCUT2D eigenvalue weighted by Crippen LogP contribution is 2.32. The lowest BCUT2D eigenvalue weighted by atomic mass is 10.0. The molecule has 0 fully saturated rings. The predicted octanol–water partition coefficient (Wildman–Crippen LogP) is 6.33. The fourth-order valence-corrected chi connectivity index (χ4v) is 4.03. The van der Waals surface area contributed by atoms with E-state index in [2.05, 4.69) is 5.32 Å². The summed E-state index contributed by atoms with van der Waals surface area (Å²) in [6, 6.07) is 34.9. The van der Waals surface area contributed by atoms with Crippen molar-refractivity contribution in [2.75, 3.05) is 11.1 Å². The maximum absolute atomic E-state index is 12.5. The molecule has 0 saturated heterocycles. The molecule has 5 aromatic rings. The first-order valence-corrected chi connectivity index (χ1v) is 11.9. The minimum absolute atomic E-state index is 0.167. The van der Waals surface area contributed by atoms with Crippen LogP contribution in [0, 0.1) is 5.41 Å². The number of carbonyl (C=O) groups excluding carboxylic acids is 1. The smallest absolute Gasteiger partial charge is 0.255 e. The largest absolute Gasteiger partial charge is 0.457 e. The van der Waals surface area contributed by atoms with Crippen LogP contribution >= 0.6 is 0 Å². The molecule has 0 spiro atoms. The van der Waals surface area contributed by atoms with Crippen LogP contribution in [0.1, 0.15) is 15.9 Å². The number of benzene rings is 4. The summed E-state index contributed by atoms with van der Waals surface area (Å²) in [5, 5.41) is 11.0. The number of pyridine rings is 1. The Balaban J connectivity index is 1.42. The summed E-state index contributed by atoms with van der Waals surface area (Å²) in [4.78, 5) is 17.3. The van der Waals surface area contributed by atoms with Crippen molar-refractivity contribution in [2.24, 2.45) is 5.73 Å². The van der Waals surface area contributed by atoms with E-state index >= 15 is 0 Å². The molecule has 1 aromatic heterocycles. The van der Waals surface area contributed by atoms with E-state index in [9.17, 15) is 4.79 Å². The van der Waals surface area contributed by atoms with Gasteiger partial charge in [-0.15, -0.1) is 0 Å². The van der Waals surface area contributed by atoms with Crippen LogP contribution in [0.5, 0.6) is 11.5 Å². The Morgan fingerprint density at radius 1 is 0.763 bits per heavy atom. The van der Waals surface area contributed by atoms with E-state index in [4.69, 9.17) is 26.6 Å². The van der Waals surface area contributed by atoms with Crippen LogP contribution in [0.3, 0.4) is 0 Å². The van der Waals surface area contributed by atoms with Crippen molar-refractivity contribution in [1.29, 1.82) is 5.41 Å². The van der Waals surface area contributed by atoms with E-state index in [1.807, 2.05) is 97.1 Å². The molecule has 5 rings (SSSR count). The molecule has 4 aromatic carbocycles. The van der Waals surface area contributed by atoms with Crippen LogP contribution in [0.15, 0.2) is 115 Å². The molecule has 7 heteroatoms. The number of hydrogen-bond donors (Lipinski definition) is 4. The van der Waals surface area contributed by atoms with Crippen molar-refractivity contribution in [2.45, 2.75) is 0 Å². The van der Waals surface area contributed by atoms with E-state index in [1.54, 1.807) is 18.2 Å². The van der Waals surface area contributed by atoms with Crippen molar-refractivity contribution < 1.29 is 9.53 Å². The number of aromatic nitrogens is 1. The van der Waals surface area contributed by atoms with Crippen LogP contribution in [0.25, 0.3) is 22.5 Å². The maximum atomic E-state index is 12.5. The average molecular weight is 500 g/mol. The van der Waals surface area contributed by atoms with Gasteiger partial charge in [0.2, 0.25) is 0 Å². The normalized spacial score (nSPS) is 10.5. The van der Waals surface area contributed by atoms with E-state index in [-0.39, 0.29) is 11.7 Å². The fraction of sp³-hybridized carbons (Fsp3) is 0. The summed E-state index contributed by atoms with van der Waals surface area (Å²) < 4.78 is 5.89. The molecule has 6 N–H and O–H groups in total. The standard InChI is InChI=1S/C31H25N5O2/c32-26-19-27(20-11-15-23(16-12-20)35-31(37)22-7-3-1-4-8-22)36-29(28(26)30(33)34)21-13-17-25(18-14-21)38-24-9-5-2-6-10-24/h1-19H,(H2,32,36)(H3,33,34)(H,35,37). The molecule has 0 saturated carbocycles. The molecule has 0 aliphatic carbocycles. The number of para-hydroxylation sites is 1. The lowest BCUT2D eigenvalue weighted by Gasteiger charge is -2.14. The number of nitrogens with zero attached hydrogens (tertiary/aromatic N) is 1. The van der Waals surface area contributed by atoms with Gasteiger partial charge in [-0.3, -0.25) is 10.2 Å². The lowest BCUT2D eigenvalue weighted by Crippen LogP contribution is -2.16. The van der Waals surface area contributed by atoms with Gasteiger partial charge in [-0.2, -0.15) is 0 Å². The van der Waals surface area contributed by atoms with Gasteiger partial charge in [0.1, 0.15) is 17.3 Å². The maximum Gasteiger partial charge on any atom is 0.255 e. The highest BCUT2D eigenvalue weighted by Gasteiger charge is 2.17. The molecule has 186 valence electrons. The van der Waals surface area contributed by atoms with Gasteiger partial charge >= 0.3 is 0 Å². The quantitative estimate of drug-likeness (QED) is 0.154. The summed E-state index contributed by atoms with van der Waals surface area (Å²) in [5.41, 5.74) is 16.9. The number of rotatable bonds is 7. The van der Waals surface area contributed by atoms with Gasteiger partial charge in [0.15, 0.2) is 0 Å².